The average molecular weight is 243 g/mol. The second-order valence-corrected chi connectivity index (χ2v) is 5.61. The van der Waals surface area contributed by atoms with Crippen LogP contribution in [0.25, 0.3) is 0 Å². The Morgan fingerprint density at radius 3 is 2.38 bits per heavy atom. The number of nitrogens with one attached hydrogen (secondary N) is 1. The predicted molar refractivity (Wildman–Crippen MR) is 63.6 cm³/mol. The van der Waals surface area contributed by atoms with E-state index in [1.807, 2.05) is 7.05 Å². The Bertz CT molecular complexity index is 411. The Morgan fingerprint density at radius 1 is 1.25 bits per heavy atom. The SMILES string of the molecule is CCS(=O)(=O)c1ccc(OCCNC)cc1. The standard InChI is InChI=1S/C11H17NO3S/c1-3-16(13,14)11-6-4-10(5-7-11)15-9-8-12-2/h4-7,12H,3,8-9H2,1-2H3. The third-order valence-electron chi connectivity index (χ3n) is 2.18. The van der Waals surface area contributed by atoms with Crippen LogP contribution in [0.15, 0.2) is 29.2 Å². The van der Waals surface area contributed by atoms with Crippen molar-refractivity contribution in [3.05, 3.63) is 24.3 Å². The van der Waals surface area contributed by atoms with Crippen LogP contribution in [0.2, 0.25) is 0 Å². The zero-order valence-corrected chi connectivity index (χ0v) is 10.4. The van der Waals surface area contributed by atoms with Gasteiger partial charge in [-0.3, -0.25) is 0 Å². The first kappa shape index (κ1) is 13.0. The molecule has 0 atom stereocenters. The third kappa shape index (κ3) is 3.50. The van der Waals surface area contributed by atoms with E-state index in [2.05, 4.69) is 5.32 Å². The lowest BCUT2D eigenvalue weighted by atomic mass is 10.3. The zero-order valence-electron chi connectivity index (χ0n) is 9.56. The highest BCUT2D eigenvalue weighted by atomic mass is 32.2. The predicted octanol–water partition coefficient (Wildman–Crippen LogP) is 1.08. The zero-order chi connectivity index (χ0) is 12.0. The number of hydrogen-bond acceptors (Lipinski definition) is 4. The normalized spacial score (nSPS) is 11.4. The molecule has 1 aromatic carbocycles. The topological polar surface area (TPSA) is 55.4 Å². The fourth-order valence-corrected chi connectivity index (χ4v) is 2.06. The minimum absolute atomic E-state index is 0.118. The number of ether oxygens (including phenoxy) is 1. The Kier molecular flexibility index (Phi) is 4.76. The van der Waals surface area contributed by atoms with Crippen molar-refractivity contribution in [2.75, 3.05) is 26.0 Å². The monoisotopic (exact) mass is 243 g/mol. The van der Waals surface area contributed by atoms with E-state index < -0.39 is 9.84 Å². The van der Waals surface area contributed by atoms with Gasteiger partial charge in [-0.05, 0) is 31.3 Å². The van der Waals surface area contributed by atoms with Gasteiger partial charge >= 0.3 is 0 Å². The summed E-state index contributed by atoms with van der Waals surface area (Å²) in [7, 11) is -1.26. The van der Waals surface area contributed by atoms with Gasteiger partial charge in [0, 0.05) is 6.54 Å². The van der Waals surface area contributed by atoms with Crippen molar-refractivity contribution >= 4 is 9.84 Å². The Morgan fingerprint density at radius 2 is 1.88 bits per heavy atom. The largest absolute Gasteiger partial charge is 0.492 e. The van der Waals surface area contributed by atoms with Crippen LogP contribution in [0.5, 0.6) is 5.75 Å². The van der Waals surface area contributed by atoms with Gasteiger partial charge in [-0.2, -0.15) is 0 Å². The number of sulfone groups is 1. The van der Waals surface area contributed by atoms with E-state index in [0.29, 0.717) is 17.3 Å². The van der Waals surface area contributed by atoms with E-state index in [0.717, 1.165) is 6.54 Å². The maximum atomic E-state index is 11.5. The maximum Gasteiger partial charge on any atom is 0.178 e. The van der Waals surface area contributed by atoms with Crippen LogP contribution in [-0.2, 0) is 9.84 Å². The van der Waals surface area contributed by atoms with E-state index in [9.17, 15) is 8.42 Å². The molecule has 1 N–H and O–H groups in total. The molecule has 0 aliphatic heterocycles. The van der Waals surface area contributed by atoms with Crippen molar-refractivity contribution in [3.8, 4) is 5.75 Å². The molecule has 0 radical (unpaired) electrons. The van der Waals surface area contributed by atoms with Crippen molar-refractivity contribution in [2.24, 2.45) is 0 Å². The molecule has 0 saturated heterocycles. The van der Waals surface area contributed by atoms with Gasteiger partial charge in [0.1, 0.15) is 12.4 Å². The van der Waals surface area contributed by atoms with Crippen LogP contribution in [0.4, 0.5) is 0 Å². The molecule has 0 unspecified atom stereocenters. The molecule has 0 aliphatic rings. The smallest absolute Gasteiger partial charge is 0.178 e. The van der Waals surface area contributed by atoms with Gasteiger partial charge in [0.2, 0.25) is 0 Å². The first-order valence-corrected chi connectivity index (χ1v) is 6.85. The maximum absolute atomic E-state index is 11.5. The summed E-state index contributed by atoms with van der Waals surface area (Å²) < 4.78 is 28.4. The van der Waals surface area contributed by atoms with E-state index in [-0.39, 0.29) is 5.75 Å². The van der Waals surface area contributed by atoms with Crippen LogP contribution < -0.4 is 10.1 Å². The molecular weight excluding hydrogens is 226 g/mol. The van der Waals surface area contributed by atoms with Crippen LogP contribution in [0.3, 0.4) is 0 Å². The Hall–Kier alpha value is -1.07. The number of rotatable bonds is 6. The van der Waals surface area contributed by atoms with Gasteiger partial charge in [0.15, 0.2) is 9.84 Å². The van der Waals surface area contributed by atoms with E-state index >= 15 is 0 Å². The van der Waals surface area contributed by atoms with Crippen molar-refractivity contribution in [1.82, 2.24) is 5.32 Å². The minimum Gasteiger partial charge on any atom is -0.492 e. The molecule has 0 saturated carbocycles. The van der Waals surface area contributed by atoms with E-state index in [1.54, 1.807) is 31.2 Å². The van der Waals surface area contributed by atoms with Crippen molar-refractivity contribution < 1.29 is 13.2 Å². The van der Waals surface area contributed by atoms with Crippen LogP contribution >= 0.6 is 0 Å². The summed E-state index contributed by atoms with van der Waals surface area (Å²) >= 11 is 0. The molecule has 0 heterocycles. The molecule has 1 rings (SSSR count). The number of likely N-dealkylation sites (N-methyl/N-ethyl adjacent to an activating group) is 1. The highest BCUT2D eigenvalue weighted by Gasteiger charge is 2.10. The molecule has 16 heavy (non-hydrogen) atoms. The Labute approximate surface area is 96.5 Å². The summed E-state index contributed by atoms with van der Waals surface area (Å²) in [5, 5.41) is 2.96. The second kappa shape index (κ2) is 5.86. The highest BCUT2D eigenvalue weighted by Crippen LogP contribution is 2.16. The van der Waals surface area contributed by atoms with E-state index in [1.165, 1.54) is 0 Å². The first-order valence-electron chi connectivity index (χ1n) is 5.20. The molecule has 0 fully saturated rings. The molecule has 0 aromatic heterocycles. The molecule has 1 aromatic rings. The van der Waals surface area contributed by atoms with Gasteiger partial charge < -0.3 is 10.1 Å². The lowest BCUT2D eigenvalue weighted by Crippen LogP contribution is -2.15. The summed E-state index contributed by atoms with van der Waals surface area (Å²) in [5.41, 5.74) is 0. The van der Waals surface area contributed by atoms with Crippen molar-refractivity contribution in [1.29, 1.82) is 0 Å². The summed E-state index contributed by atoms with van der Waals surface area (Å²) in [6, 6.07) is 6.51. The van der Waals surface area contributed by atoms with Crippen LogP contribution in [-0.4, -0.2) is 34.4 Å². The molecule has 0 aliphatic carbocycles. The summed E-state index contributed by atoms with van der Waals surface area (Å²) in [4.78, 5) is 0.343. The van der Waals surface area contributed by atoms with Crippen LogP contribution in [0.1, 0.15) is 6.92 Å². The van der Waals surface area contributed by atoms with Crippen LogP contribution in [0, 0.1) is 0 Å². The number of benzene rings is 1. The fraction of sp³-hybridized carbons (Fsp3) is 0.455. The van der Waals surface area contributed by atoms with Gasteiger partial charge in [-0.1, -0.05) is 6.92 Å². The molecular formula is C11H17NO3S. The fourth-order valence-electron chi connectivity index (χ4n) is 1.18. The van der Waals surface area contributed by atoms with Crippen molar-refractivity contribution in [2.45, 2.75) is 11.8 Å². The van der Waals surface area contributed by atoms with Gasteiger partial charge in [0.25, 0.3) is 0 Å². The highest BCUT2D eigenvalue weighted by molar-refractivity contribution is 7.91. The summed E-state index contributed by atoms with van der Waals surface area (Å²) in [6.45, 7) is 2.96. The lowest BCUT2D eigenvalue weighted by Gasteiger charge is -2.06. The molecule has 90 valence electrons. The van der Waals surface area contributed by atoms with Crippen molar-refractivity contribution in [3.63, 3.8) is 0 Å². The molecule has 0 bridgehead atoms. The molecule has 4 nitrogen and oxygen atoms in total. The van der Waals surface area contributed by atoms with Gasteiger partial charge in [0.05, 0.1) is 10.6 Å². The average Bonchev–Trinajstić information content (AvgIpc) is 2.30. The Balaban J connectivity index is 2.68. The first-order chi connectivity index (χ1) is 7.60. The van der Waals surface area contributed by atoms with E-state index in [4.69, 9.17) is 4.74 Å². The lowest BCUT2D eigenvalue weighted by molar-refractivity contribution is 0.318. The summed E-state index contributed by atoms with van der Waals surface area (Å²) in [6.07, 6.45) is 0. The van der Waals surface area contributed by atoms with Gasteiger partial charge in [-0.15, -0.1) is 0 Å². The molecule has 5 heteroatoms. The quantitative estimate of drug-likeness (QED) is 0.760. The van der Waals surface area contributed by atoms with Gasteiger partial charge in [-0.25, -0.2) is 8.42 Å². The second-order valence-electron chi connectivity index (χ2n) is 3.33. The molecule has 0 spiro atoms. The summed E-state index contributed by atoms with van der Waals surface area (Å²) in [5.74, 6) is 0.803. The minimum atomic E-state index is -3.11. The number of hydrogen-bond donors (Lipinski definition) is 1. The molecule has 0 amide bonds. The third-order valence-corrected chi connectivity index (χ3v) is 3.93.